The number of anilines is 2. The van der Waals surface area contributed by atoms with Crippen molar-refractivity contribution in [2.45, 2.75) is 6.54 Å². The van der Waals surface area contributed by atoms with Crippen LogP contribution in [-0.2, 0) is 6.54 Å². The molecule has 1 aliphatic rings. The molecule has 9 nitrogen and oxygen atoms in total. The monoisotopic (exact) mass is 369 g/mol. The van der Waals surface area contributed by atoms with E-state index in [2.05, 4.69) is 37.1 Å². The molecule has 1 aromatic heterocycles. The van der Waals surface area contributed by atoms with Gasteiger partial charge in [0, 0.05) is 58.1 Å². The molecule has 0 bridgehead atoms. The van der Waals surface area contributed by atoms with Crippen LogP contribution in [0.2, 0.25) is 0 Å². The van der Waals surface area contributed by atoms with E-state index >= 15 is 0 Å². The molecular weight excluding hydrogens is 346 g/mol. The summed E-state index contributed by atoms with van der Waals surface area (Å²) in [5, 5.41) is 14.2. The van der Waals surface area contributed by atoms with Crippen LogP contribution < -0.4 is 10.2 Å². The fourth-order valence-corrected chi connectivity index (χ4v) is 3.01. The van der Waals surface area contributed by atoms with Gasteiger partial charge in [0.25, 0.3) is 5.69 Å². The topological polar surface area (TPSA) is 99.8 Å². The number of benzene rings is 1. The standard InChI is InChI=1S/C18H23N7O2/c1-19-12-16-17(20-11-14-4-3-5-15(10-14)25(26)27)21-13-22-18(16)24-8-6-23(2)7-9-24/h3-5,10,12-13H,6-9,11H2,1-2H3,(H,20,21,22). The van der Waals surface area contributed by atoms with E-state index in [0.717, 1.165) is 43.1 Å². The lowest BCUT2D eigenvalue weighted by atomic mass is 10.2. The first kappa shape index (κ1) is 18.7. The molecule has 1 aliphatic heterocycles. The van der Waals surface area contributed by atoms with E-state index in [1.54, 1.807) is 25.4 Å². The maximum absolute atomic E-state index is 10.9. The number of nitrogens with zero attached hydrogens (tertiary/aromatic N) is 6. The van der Waals surface area contributed by atoms with Crippen LogP contribution in [0.4, 0.5) is 17.3 Å². The van der Waals surface area contributed by atoms with Crippen LogP contribution in [0.25, 0.3) is 0 Å². The minimum atomic E-state index is -0.394. The maximum Gasteiger partial charge on any atom is 0.269 e. The van der Waals surface area contributed by atoms with Crippen molar-refractivity contribution < 1.29 is 4.92 Å². The number of hydrogen-bond donors (Lipinski definition) is 1. The lowest BCUT2D eigenvalue weighted by Gasteiger charge is -2.34. The average Bonchev–Trinajstić information content (AvgIpc) is 2.68. The van der Waals surface area contributed by atoms with Crippen LogP contribution in [0.3, 0.4) is 0 Å². The minimum Gasteiger partial charge on any atom is -0.365 e. The van der Waals surface area contributed by atoms with Gasteiger partial charge in [-0.1, -0.05) is 12.1 Å². The quantitative estimate of drug-likeness (QED) is 0.471. The fourth-order valence-electron chi connectivity index (χ4n) is 3.01. The van der Waals surface area contributed by atoms with Crippen LogP contribution in [0.1, 0.15) is 11.1 Å². The highest BCUT2D eigenvalue weighted by Gasteiger charge is 2.20. The van der Waals surface area contributed by atoms with Gasteiger partial charge >= 0.3 is 0 Å². The number of aliphatic imine (C=N–C) groups is 1. The molecule has 1 N–H and O–H groups in total. The summed E-state index contributed by atoms with van der Waals surface area (Å²) in [6.45, 7) is 4.16. The molecule has 0 unspecified atom stereocenters. The Morgan fingerprint density at radius 1 is 1.30 bits per heavy atom. The molecule has 0 atom stereocenters. The molecule has 0 spiro atoms. The summed E-state index contributed by atoms with van der Waals surface area (Å²) in [6, 6.07) is 6.56. The van der Waals surface area contributed by atoms with Gasteiger partial charge in [0.1, 0.15) is 18.0 Å². The third-order valence-electron chi connectivity index (χ3n) is 4.51. The highest BCUT2D eigenvalue weighted by atomic mass is 16.6. The Hall–Kier alpha value is -3.07. The van der Waals surface area contributed by atoms with Gasteiger partial charge < -0.3 is 15.1 Å². The van der Waals surface area contributed by atoms with Crippen molar-refractivity contribution in [2.75, 3.05) is 50.5 Å². The third-order valence-corrected chi connectivity index (χ3v) is 4.51. The van der Waals surface area contributed by atoms with Crippen molar-refractivity contribution in [3.8, 4) is 0 Å². The number of piperazine rings is 1. The second-order valence-corrected chi connectivity index (χ2v) is 6.42. The Balaban J connectivity index is 1.82. The number of nitro benzene ring substituents is 1. The lowest BCUT2D eigenvalue weighted by molar-refractivity contribution is -0.384. The Labute approximate surface area is 157 Å². The minimum absolute atomic E-state index is 0.0745. The highest BCUT2D eigenvalue weighted by molar-refractivity contribution is 5.92. The Morgan fingerprint density at radius 2 is 2.07 bits per heavy atom. The Morgan fingerprint density at radius 3 is 2.78 bits per heavy atom. The lowest BCUT2D eigenvalue weighted by Crippen LogP contribution is -2.45. The number of hydrogen-bond acceptors (Lipinski definition) is 8. The molecule has 9 heteroatoms. The van der Waals surface area contributed by atoms with Crippen molar-refractivity contribution in [3.63, 3.8) is 0 Å². The van der Waals surface area contributed by atoms with Gasteiger partial charge in [-0.3, -0.25) is 15.1 Å². The largest absolute Gasteiger partial charge is 0.365 e. The van der Waals surface area contributed by atoms with Crippen molar-refractivity contribution in [1.82, 2.24) is 14.9 Å². The van der Waals surface area contributed by atoms with Gasteiger partial charge in [0.2, 0.25) is 0 Å². The number of rotatable bonds is 6. The molecule has 3 rings (SSSR count). The van der Waals surface area contributed by atoms with Crippen LogP contribution in [-0.4, -0.2) is 66.3 Å². The second kappa shape index (κ2) is 8.54. The molecule has 2 heterocycles. The van der Waals surface area contributed by atoms with E-state index < -0.39 is 4.92 Å². The number of aromatic nitrogens is 2. The number of non-ortho nitro benzene ring substituents is 1. The number of likely N-dealkylation sites (N-methyl/N-ethyl adjacent to an activating group) is 1. The van der Waals surface area contributed by atoms with Gasteiger partial charge in [0.15, 0.2) is 0 Å². The first-order chi connectivity index (χ1) is 13.1. The fraction of sp³-hybridized carbons (Fsp3) is 0.389. The molecule has 0 amide bonds. The summed E-state index contributed by atoms with van der Waals surface area (Å²) < 4.78 is 0. The second-order valence-electron chi connectivity index (χ2n) is 6.42. The predicted molar refractivity (Wildman–Crippen MR) is 106 cm³/mol. The number of nitrogens with one attached hydrogen (secondary N) is 1. The van der Waals surface area contributed by atoms with Crippen LogP contribution in [0, 0.1) is 10.1 Å². The van der Waals surface area contributed by atoms with Gasteiger partial charge in [-0.2, -0.15) is 0 Å². The molecule has 1 saturated heterocycles. The Bertz CT molecular complexity index is 832. The zero-order valence-electron chi connectivity index (χ0n) is 15.5. The summed E-state index contributed by atoms with van der Waals surface area (Å²) >= 11 is 0. The summed E-state index contributed by atoms with van der Waals surface area (Å²) in [5.41, 5.74) is 1.71. The van der Waals surface area contributed by atoms with E-state index in [9.17, 15) is 10.1 Å². The average molecular weight is 369 g/mol. The van der Waals surface area contributed by atoms with Crippen LogP contribution in [0.5, 0.6) is 0 Å². The van der Waals surface area contributed by atoms with Crippen LogP contribution in [0.15, 0.2) is 35.6 Å². The summed E-state index contributed by atoms with van der Waals surface area (Å²) in [6.07, 6.45) is 3.29. The van der Waals surface area contributed by atoms with Gasteiger partial charge in [-0.05, 0) is 12.6 Å². The van der Waals surface area contributed by atoms with E-state index in [-0.39, 0.29) is 5.69 Å². The molecule has 0 radical (unpaired) electrons. The SMILES string of the molecule is CN=Cc1c(NCc2cccc([N+](=O)[O-])c2)ncnc1N1CCN(C)CC1. The predicted octanol–water partition coefficient (Wildman–Crippen LogP) is 1.80. The van der Waals surface area contributed by atoms with Gasteiger partial charge in [-0.15, -0.1) is 0 Å². The molecule has 2 aromatic rings. The molecule has 0 aliphatic carbocycles. The van der Waals surface area contributed by atoms with Crippen molar-refractivity contribution in [2.24, 2.45) is 4.99 Å². The maximum atomic E-state index is 10.9. The summed E-state index contributed by atoms with van der Waals surface area (Å²) in [4.78, 5) is 28.1. The van der Waals surface area contributed by atoms with Crippen molar-refractivity contribution in [3.05, 3.63) is 51.8 Å². The van der Waals surface area contributed by atoms with Gasteiger partial charge in [0.05, 0.1) is 10.5 Å². The molecule has 1 fully saturated rings. The zero-order chi connectivity index (χ0) is 19.2. The van der Waals surface area contributed by atoms with E-state index in [0.29, 0.717) is 12.4 Å². The molecule has 27 heavy (non-hydrogen) atoms. The smallest absolute Gasteiger partial charge is 0.269 e. The first-order valence-electron chi connectivity index (χ1n) is 8.76. The first-order valence-corrected chi connectivity index (χ1v) is 8.76. The molecular formula is C18H23N7O2. The zero-order valence-corrected chi connectivity index (χ0v) is 15.5. The third kappa shape index (κ3) is 4.56. The molecule has 142 valence electrons. The van der Waals surface area contributed by atoms with Crippen molar-refractivity contribution in [1.29, 1.82) is 0 Å². The van der Waals surface area contributed by atoms with E-state index in [4.69, 9.17) is 0 Å². The van der Waals surface area contributed by atoms with E-state index in [1.807, 2.05) is 6.07 Å². The molecule has 0 saturated carbocycles. The van der Waals surface area contributed by atoms with Gasteiger partial charge in [-0.25, -0.2) is 9.97 Å². The summed E-state index contributed by atoms with van der Waals surface area (Å²) in [5.74, 6) is 1.52. The van der Waals surface area contributed by atoms with E-state index in [1.165, 1.54) is 12.4 Å². The Kier molecular flexibility index (Phi) is 5.92. The van der Waals surface area contributed by atoms with Crippen LogP contribution >= 0.6 is 0 Å². The van der Waals surface area contributed by atoms with Crippen molar-refractivity contribution >= 4 is 23.5 Å². The normalized spacial score (nSPS) is 15.3. The molecule has 1 aromatic carbocycles. The highest BCUT2D eigenvalue weighted by Crippen LogP contribution is 2.23. The summed E-state index contributed by atoms with van der Waals surface area (Å²) in [7, 11) is 3.82. The number of nitro groups is 1.